The van der Waals surface area contributed by atoms with E-state index in [4.69, 9.17) is 4.74 Å². The molecule has 0 radical (unpaired) electrons. The lowest BCUT2D eigenvalue weighted by atomic mass is 10.3. The van der Waals surface area contributed by atoms with Crippen molar-refractivity contribution < 1.29 is 9.13 Å². The van der Waals surface area contributed by atoms with Gasteiger partial charge in [-0.05, 0) is 43.7 Å². The first-order valence-corrected chi connectivity index (χ1v) is 8.55. The van der Waals surface area contributed by atoms with Crippen LogP contribution in [0.4, 0.5) is 4.39 Å². The molecule has 1 aromatic carbocycles. The van der Waals surface area contributed by atoms with Gasteiger partial charge in [-0.25, -0.2) is 9.07 Å². The van der Waals surface area contributed by atoms with Crippen LogP contribution in [0.1, 0.15) is 19.0 Å². The van der Waals surface area contributed by atoms with Crippen LogP contribution in [-0.2, 0) is 11.2 Å². The van der Waals surface area contributed by atoms with Crippen LogP contribution in [0.3, 0.4) is 0 Å². The summed E-state index contributed by atoms with van der Waals surface area (Å²) in [5.74, 6) is 0.523. The number of benzene rings is 1. The Bertz CT molecular complexity index is 654. The first-order chi connectivity index (χ1) is 12.2. The molecule has 1 heterocycles. The molecule has 0 aliphatic heterocycles. The lowest BCUT2D eigenvalue weighted by Crippen LogP contribution is -2.39. The molecule has 0 atom stereocenters. The third-order valence-corrected chi connectivity index (χ3v) is 3.59. The number of rotatable bonds is 9. The van der Waals surface area contributed by atoms with E-state index >= 15 is 0 Å². The van der Waals surface area contributed by atoms with Gasteiger partial charge < -0.3 is 15.4 Å². The molecule has 0 saturated heterocycles. The van der Waals surface area contributed by atoms with Crippen molar-refractivity contribution in [2.75, 3.05) is 33.4 Å². The van der Waals surface area contributed by atoms with E-state index in [1.807, 2.05) is 19.2 Å². The molecule has 2 N–H and O–H groups in total. The van der Waals surface area contributed by atoms with Crippen molar-refractivity contribution in [3.8, 4) is 5.69 Å². The topological polar surface area (TPSA) is 63.5 Å². The molecule has 2 aromatic rings. The van der Waals surface area contributed by atoms with E-state index in [1.54, 1.807) is 23.9 Å². The Balaban J connectivity index is 1.73. The zero-order valence-electron chi connectivity index (χ0n) is 14.8. The summed E-state index contributed by atoms with van der Waals surface area (Å²) in [5, 5.41) is 11.0. The maximum Gasteiger partial charge on any atom is 0.190 e. The Hall–Kier alpha value is -2.41. The molecule has 0 bridgehead atoms. The van der Waals surface area contributed by atoms with E-state index in [-0.39, 0.29) is 5.82 Å². The van der Waals surface area contributed by atoms with Crippen molar-refractivity contribution in [2.24, 2.45) is 4.99 Å². The van der Waals surface area contributed by atoms with Crippen LogP contribution in [0.5, 0.6) is 0 Å². The Morgan fingerprint density at radius 1 is 1.20 bits per heavy atom. The predicted molar refractivity (Wildman–Crippen MR) is 97.7 cm³/mol. The third kappa shape index (κ3) is 6.54. The number of halogens is 1. The number of nitrogens with zero attached hydrogens (tertiary/aromatic N) is 3. The van der Waals surface area contributed by atoms with Gasteiger partial charge in [0.15, 0.2) is 5.96 Å². The Morgan fingerprint density at radius 3 is 2.68 bits per heavy atom. The number of aromatic nitrogens is 2. The number of guanidine groups is 1. The highest BCUT2D eigenvalue weighted by Gasteiger charge is 2.03. The maximum absolute atomic E-state index is 13.0. The van der Waals surface area contributed by atoms with Gasteiger partial charge in [0.25, 0.3) is 0 Å². The molecule has 25 heavy (non-hydrogen) atoms. The van der Waals surface area contributed by atoms with Crippen molar-refractivity contribution in [1.82, 2.24) is 20.4 Å². The summed E-state index contributed by atoms with van der Waals surface area (Å²) in [6.07, 6.45) is 3.59. The second kappa shape index (κ2) is 10.5. The number of hydrogen-bond acceptors (Lipinski definition) is 3. The highest BCUT2D eigenvalue weighted by atomic mass is 19.1. The number of aliphatic imine (C=N–C) groups is 1. The van der Waals surface area contributed by atoms with Crippen molar-refractivity contribution in [2.45, 2.75) is 19.8 Å². The van der Waals surface area contributed by atoms with Crippen LogP contribution < -0.4 is 10.6 Å². The summed E-state index contributed by atoms with van der Waals surface area (Å²) in [6.45, 7) is 5.04. The fourth-order valence-corrected chi connectivity index (χ4v) is 2.29. The number of nitrogens with one attached hydrogen (secondary N) is 2. The molecule has 1 aromatic heterocycles. The van der Waals surface area contributed by atoms with E-state index in [2.05, 4.69) is 20.7 Å². The number of hydrogen-bond donors (Lipinski definition) is 2. The minimum absolute atomic E-state index is 0.250. The van der Waals surface area contributed by atoms with Gasteiger partial charge in [0, 0.05) is 46.0 Å². The number of ether oxygens (including phenoxy) is 1. The van der Waals surface area contributed by atoms with Gasteiger partial charge in [-0.1, -0.05) is 0 Å². The average Bonchev–Trinajstić information content (AvgIpc) is 3.09. The third-order valence-electron chi connectivity index (χ3n) is 3.59. The second-order valence-corrected chi connectivity index (χ2v) is 5.45. The second-order valence-electron chi connectivity index (χ2n) is 5.45. The first kappa shape index (κ1) is 18.9. The smallest absolute Gasteiger partial charge is 0.190 e. The molecule has 136 valence electrons. The van der Waals surface area contributed by atoms with Gasteiger partial charge in [0.05, 0.1) is 11.4 Å². The summed E-state index contributed by atoms with van der Waals surface area (Å²) in [7, 11) is 1.75. The normalized spacial score (nSPS) is 11.6. The molecule has 0 spiro atoms. The quantitative estimate of drug-likeness (QED) is 0.414. The molecule has 0 saturated carbocycles. The van der Waals surface area contributed by atoms with Crippen LogP contribution in [0.25, 0.3) is 5.69 Å². The monoisotopic (exact) mass is 347 g/mol. The standard InChI is InChI=1S/C18H26FN5O/c1-3-25-14-4-11-21-18(20-2)22-12-9-16-10-13-24(23-16)17-7-5-15(19)6-8-17/h5-8,10,13H,3-4,9,11-12,14H2,1-2H3,(H2,20,21,22). The maximum atomic E-state index is 13.0. The van der Waals surface area contributed by atoms with E-state index in [9.17, 15) is 4.39 Å². The van der Waals surface area contributed by atoms with Crippen LogP contribution in [-0.4, -0.2) is 49.1 Å². The molecule has 0 aliphatic carbocycles. The van der Waals surface area contributed by atoms with Crippen molar-refractivity contribution >= 4 is 5.96 Å². The summed E-state index contributed by atoms with van der Waals surface area (Å²) >= 11 is 0. The first-order valence-electron chi connectivity index (χ1n) is 8.55. The average molecular weight is 347 g/mol. The van der Waals surface area contributed by atoms with Gasteiger partial charge >= 0.3 is 0 Å². The van der Waals surface area contributed by atoms with Gasteiger partial charge in [-0.3, -0.25) is 4.99 Å². The van der Waals surface area contributed by atoms with E-state index in [1.165, 1.54) is 12.1 Å². The highest BCUT2D eigenvalue weighted by Crippen LogP contribution is 2.09. The van der Waals surface area contributed by atoms with Crippen molar-refractivity contribution in [3.63, 3.8) is 0 Å². The highest BCUT2D eigenvalue weighted by molar-refractivity contribution is 5.79. The van der Waals surface area contributed by atoms with Gasteiger partial charge in [-0.15, -0.1) is 0 Å². The zero-order valence-corrected chi connectivity index (χ0v) is 14.8. The molecule has 0 aliphatic rings. The summed E-state index contributed by atoms with van der Waals surface area (Å²) < 4.78 is 20.0. The molecule has 6 nitrogen and oxygen atoms in total. The molecule has 7 heteroatoms. The molecule has 0 unspecified atom stereocenters. The Labute approximate surface area is 148 Å². The van der Waals surface area contributed by atoms with Crippen LogP contribution in [0, 0.1) is 5.82 Å². The zero-order chi connectivity index (χ0) is 17.9. The van der Waals surface area contributed by atoms with E-state index in [0.717, 1.165) is 56.5 Å². The lowest BCUT2D eigenvalue weighted by molar-refractivity contribution is 0.145. The minimum Gasteiger partial charge on any atom is -0.382 e. The summed E-state index contributed by atoms with van der Waals surface area (Å²) in [4.78, 5) is 4.19. The van der Waals surface area contributed by atoms with Gasteiger partial charge in [0.2, 0.25) is 0 Å². The summed E-state index contributed by atoms with van der Waals surface area (Å²) in [6, 6.07) is 8.24. The largest absolute Gasteiger partial charge is 0.382 e. The molecule has 0 amide bonds. The Morgan fingerprint density at radius 2 is 1.96 bits per heavy atom. The van der Waals surface area contributed by atoms with Gasteiger partial charge in [0.1, 0.15) is 5.82 Å². The lowest BCUT2D eigenvalue weighted by Gasteiger charge is -2.11. The van der Waals surface area contributed by atoms with E-state index < -0.39 is 0 Å². The van der Waals surface area contributed by atoms with Crippen molar-refractivity contribution in [1.29, 1.82) is 0 Å². The van der Waals surface area contributed by atoms with Crippen LogP contribution in [0.2, 0.25) is 0 Å². The summed E-state index contributed by atoms with van der Waals surface area (Å²) in [5.41, 5.74) is 1.80. The van der Waals surface area contributed by atoms with E-state index in [0.29, 0.717) is 0 Å². The molecular weight excluding hydrogens is 321 g/mol. The Kier molecular flexibility index (Phi) is 7.91. The van der Waals surface area contributed by atoms with Crippen LogP contribution in [0.15, 0.2) is 41.5 Å². The molecule has 0 fully saturated rings. The predicted octanol–water partition coefficient (Wildman–Crippen LogP) is 2.15. The minimum atomic E-state index is -0.250. The molecular formula is C18H26FN5O. The van der Waals surface area contributed by atoms with Gasteiger partial charge in [-0.2, -0.15) is 5.10 Å². The fraction of sp³-hybridized carbons (Fsp3) is 0.444. The SMILES string of the molecule is CCOCCCNC(=NC)NCCc1ccn(-c2ccc(F)cc2)n1. The molecule has 2 rings (SSSR count). The fourth-order valence-electron chi connectivity index (χ4n) is 2.29. The van der Waals surface area contributed by atoms with Crippen LogP contribution >= 0.6 is 0 Å². The van der Waals surface area contributed by atoms with Crippen molar-refractivity contribution in [3.05, 3.63) is 48.0 Å².